The highest BCUT2D eigenvalue weighted by Gasteiger charge is 1.73. The summed E-state index contributed by atoms with van der Waals surface area (Å²) in [6.07, 6.45) is 11.9. The third kappa shape index (κ3) is 5.10. The zero-order chi connectivity index (χ0) is 7.82. The quantitative estimate of drug-likeness (QED) is 0.520. The minimum Gasteiger partial charge on any atom is -0.0918 e. The summed E-state index contributed by atoms with van der Waals surface area (Å²) in [7, 11) is 0. The Labute approximate surface area is 63.3 Å². The van der Waals surface area contributed by atoms with Crippen LogP contribution < -0.4 is 0 Å². The van der Waals surface area contributed by atoms with Gasteiger partial charge in [-0.25, -0.2) is 0 Å². The van der Waals surface area contributed by atoms with Crippen LogP contribution in [0.5, 0.6) is 0 Å². The van der Waals surface area contributed by atoms with E-state index in [1.807, 2.05) is 50.3 Å². The molecule has 0 amide bonds. The van der Waals surface area contributed by atoms with Crippen molar-refractivity contribution in [1.82, 2.24) is 0 Å². The first-order chi connectivity index (χ1) is 4.81. The minimum atomic E-state index is 1.03. The molecule has 0 saturated heterocycles. The Bertz CT molecular complexity index is 168. The fourth-order valence-electron chi connectivity index (χ4n) is 0.560. The Morgan fingerprint density at radius 2 is 1.70 bits per heavy atom. The first-order valence-corrected chi connectivity index (χ1v) is 3.42. The summed E-state index contributed by atoms with van der Waals surface area (Å²) in [5.41, 5.74) is 1.03. The van der Waals surface area contributed by atoms with Crippen LogP contribution in [0.15, 0.2) is 48.6 Å². The van der Waals surface area contributed by atoms with Crippen molar-refractivity contribution in [3.63, 3.8) is 0 Å². The molecular formula is C10H14. The van der Waals surface area contributed by atoms with Gasteiger partial charge in [0, 0.05) is 0 Å². The predicted molar refractivity (Wildman–Crippen MR) is 47.9 cm³/mol. The van der Waals surface area contributed by atoms with Crippen molar-refractivity contribution in [2.75, 3.05) is 0 Å². The van der Waals surface area contributed by atoms with Crippen molar-refractivity contribution in [3.8, 4) is 0 Å². The minimum absolute atomic E-state index is 1.03. The molecule has 0 aliphatic carbocycles. The maximum absolute atomic E-state index is 3.81. The van der Waals surface area contributed by atoms with Gasteiger partial charge >= 0.3 is 0 Å². The third-order valence-corrected chi connectivity index (χ3v) is 0.995. The number of hydrogen-bond acceptors (Lipinski definition) is 0. The second kappa shape index (κ2) is 6.09. The summed E-state index contributed by atoms with van der Waals surface area (Å²) in [5.74, 6) is 0. The molecule has 0 bridgehead atoms. The standard InChI is InChI=1S/C10H14/c1-4-6-7-9-10(3)8-5-2/h4-9H,3H2,1-2H3/b6-4-,8-5-,9-7-. The van der Waals surface area contributed by atoms with Crippen LogP contribution in [0.1, 0.15) is 13.8 Å². The summed E-state index contributed by atoms with van der Waals surface area (Å²) in [6, 6.07) is 0. The molecule has 0 aromatic carbocycles. The lowest BCUT2D eigenvalue weighted by Crippen LogP contribution is -1.62. The molecule has 0 aromatic rings. The van der Waals surface area contributed by atoms with Gasteiger partial charge in [0.1, 0.15) is 0 Å². The molecule has 0 heterocycles. The van der Waals surface area contributed by atoms with E-state index in [0.29, 0.717) is 0 Å². The number of allylic oxidation sites excluding steroid dienone is 7. The smallest absolute Gasteiger partial charge is 0.0332 e. The van der Waals surface area contributed by atoms with Crippen LogP contribution in [-0.2, 0) is 0 Å². The maximum atomic E-state index is 3.81. The van der Waals surface area contributed by atoms with Crippen molar-refractivity contribution >= 4 is 0 Å². The van der Waals surface area contributed by atoms with Crippen LogP contribution in [0.3, 0.4) is 0 Å². The van der Waals surface area contributed by atoms with E-state index in [1.165, 1.54) is 0 Å². The van der Waals surface area contributed by atoms with Gasteiger partial charge in [0.15, 0.2) is 0 Å². The molecule has 0 unspecified atom stereocenters. The van der Waals surface area contributed by atoms with Crippen LogP contribution in [0.4, 0.5) is 0 Å². The summed E-state index contributed by atoms with van der Waals surface area (Å²) in [6.45, 7) is 7.78. The molecule has 0 aromatic heterocycles. The second-order valence-corrected chi connectivity index (χ2v) is 1.96. The SMILES string of the molecule is C=C(/C=C\C)/C=C\C=C/C. The Balaban J connectivity index is 3.78. The summed E-state index contributed by atoms with van der Waals surface area (Å²) < 4.78 is 0. The van der Waals surface area contributed by atoms with Crippen LogP contribution in [-0.4, -0.2) is 0 Å². The van der Waals surface area contributed by atoms with E-state index >= 15 is 0 Å². The third-order valence-electron chi connectivity index (χ3n) is 0.995. The first kappa shape index (κ1) is 8.96. The Morgan fingerprint density at radius 3 is 2.20 bits per heavy atom. The van der Waals surface area contributed by atoms with E-state index in [2.05, 4.69) is 6.58 Å². The van der Waals surface area contributed by atoms with Crippen molar-refractivity contribution in [1.29, 1.82) is 0 Å². The van der Waals surface area contributed by atoms with Gasteiger partial charge in [-0.15, -0.1) is 0 Å². The monoisotopic (exact) mass is 134 g/mol. The molecule has 0 radical (unpaired) electrons. The molecular weight excluding hydrogens is 120 g/mol. The van der Waals surface area contributed by atoms with E-state index in [0.717, 1.165) is 5.57 Å². The van der Waals surface area contributed by atoms with Gasteiger partial charge in [0.2, 0.25) is 0 Å². The molecule has 0 aliphatic heterocycles. The van der Waals surface area contributed by atoms with Gasteiger partial charge in [0.25, 0.3) is 0 Å². The van der Waals surface area contributed by atoms with Crippen LogP contribution >= 0.6 is 0 Å². The summed E-state index contributed by atoms with van der Waals surface area (Å²) in [4.78, 5) is 0. The lowest BCUT2D eigenvalue weighted by molar-refractivity contribution is 1.65. The number of rotatable bonds is 3. The molecule has 0 spiro atoms. The van der Waals surface area contributed by atoms with E-state index in [9.17, 15) is 0 Å². The molecule has 0 N–H and O–H groups in total. The predicted octanol–water partition coefficient (Wildman–Crippen LogP) is 3.25. The molecule has 0 saturated carbocycles. The highest BCUT2D eigenvalue weighted by molar-refractivity contribution is 5.28. The van der Waals surface area contributed by atoms with Gasteiger partial charge in [-0.1, -0.05) is 43.0 Å². The van der Waals surface area contributed by atoms with E-state index < -0.39 is 0 Å². The molecule has 0 fully saturated rings. The van der Waals surface area contributed by atoms with Crippen LogP contribution in [0.25, 0.3) is 0 Å². The van der Waals surface area contributed by atoms with Gasteiger partial charge in [0.05, 0.1) is 0 Å². The fraction of sp³-hybridized carbons (Fsp3) is 0.200. The number of hydrogen-bond donors (Lipinski definition) is 0. The average molecular weight is 134 g/mol. The summed E-state index contributed by atoms with van der Waals surface area (Å²) >= 11 is 0. The largest absolute Gasteiger partial charge is 0.0918 e. The van der Waals surface area contributed by atoms with E-state index in [4.69, 9.17) is 0 Å². The van der Waals surface area contributed by atoms with Gasteiger partial charge < -0.3 is 0 Å². The summed E-state index contributed by atoms with van der Waals surface area (Å²) in [5, 5.41) is 0. The van der Waals surface area contributed by atoms with Crippen LogP contribution in [0, 0.1) is 0 Å². The van der Waals surface area contributed by atoms with E-state index in [-0.39, 0.29) is 0 Å². The molecule has 0 atom stereocenters. The lowest BCUT2D eigenvalue weighted by atomic mass is 10.2. The Hall–Kier alpha value is -1.04. The molecule has 0 aliphatic rings. The second-order valence-electron chi connectivity index (χ2n) is 1.96. The molecule has 0 rings (SSSR count). The molecule has 0 nitrogen and oxygen atoms in total. The van der Waals surface area contributed by atoms with E-state index in [1.54, 1.807) is 0 Å². The normalized spacial score (nSPS) is 12.2. The van der Waals surface area contributed by atoms with Crippen molar-refractivity contribution in [2.24, 2.45) is 0 Å². The van der Waals surface area contributed by atoms with Gasteiger partial charge in [-0.05, 0) is 19.4 Å². The topological polar surface area (TPSA) is 0 Å². The Morgan fingerprint density at radius 1 is 1.00 bits per heavy atom. The molecule has 54 valence electrons. The van der Waals surface area contributed by atoms with Crippen molar-refractivity contribution in [3.05, 3.63) is 48.6 Å². The highest BCUT2D eigenvalue weighted by Crippen LogP contribution is 1.94. The maximum Gasteiger partial charge on any atom is -0.0332 e. The highest BCUT2D eigenvalue weighted by atomic mass is 13.8. The zero-order valence-corrected chi connectivity index (χ0v) is 6.67. The van der Waals surface area contributed by atoms with Crippen molar-refractivity contribution < 1.29 is 0 Å². The molecule has 10 heavy (non-hydrogen) atoms. The molecule has 0 heteroatoms. The Kier molecular flexibility index (Phi) is 5.45. The zero-order valence-electron chi connectivity index (χ0n) is 6.67. The lowest BCUT2D eigenvalue weighted by Gasteiger charge is -1.83. The van der Waals surface area contributed by atoms with Crippen molar-refractivity contribution in [2.45, 2.75) is 13.8 Å². The van der Waals surface area contributed by atoms with Gasteiger partial charge in [-0.2, -0.15) is 0 Å². The van der Waals surface area contributed by atoms with Gasteiger partial charge in [-0.3, -0.25) is 0 Å². The fourth-order valence-corrected chi connectivity index (χ4v) is 0.560. The first-order valence-electron chi connectivity index (χ1n) is 3.42. The van der Waals surface area contributed by atoms with Crippen LogP contribution in [0.2, 0.25) is 0 Å². The average Bonchev–Trinajstić information content (AvgIpc) is 1.89.